The normalized spacial score (nSPS) is 10.2. The molecule has 0 unspecified atom stereocenters. The Morgan fingerprint density at radius 3 is 2.00 bits per heavy atom. The maximum atomic E-state index is 13.0. The first-order valence-corrected chi connectivity index (χ1v) is 8.60. The van der Waals surface area contributed by atoms with Crippen LogP contribution in [0, 0.1) is 12.7 Å². The predicted octanol–water partition coefficient (Wildman–Crippen LogP) is 4.65. The molecule has 0 saturated carbocycles. The second-order valence-electron chi connectivity index (χ2n) is 6.15. The number of anilines is 2. The van der Waals surface area contributed by atoms with Crippen LogP contribution in [0.2, 0.25) is 0 Å². The number of benzene rings is 3. The minimum atomic E-state index is -0.413. The molecular formula is C22H19FN2O3. The van der Waals surface area contributed by atoms with Crippen molar-refractivity contribution in [1.29, 1.82) is 0 Å². The second kappa shape index (κ2) is 8.35. The number of aryl methyl sites for hydroxylation is 1. The zero-order valence-electron chi connectivity index (χ0n) is 15.5. The highest BCUT2D eigenvalue weighted by Gasteiger charge is 2.14. The largest absolute Gasteiger partial charge is 0.494 e. The lowest BCUT2D eigenvalue weighted by Gasteiger charge is -2.15. The number of halogens is 1. The molecule has 0 saturated heterocycles. The Morgan fingerprint density at radius 1 is 0.821 bits per heavy atom. The predicted molar refractivity (Wildman–Crippen MR) is 106 cm³/mol. The van der Waals surface area contributed by atoms with Crippen molar-refractivity contribution in [3.63, 3.8) is 0 Å². The fraction of sp³-hybridized carbons (Fsp3) is 0.0909. The fourth-order valence-corrected chi connectivity index (χ4v) is 2.67. The summed E-state index contributed by atoms with van der Waals surface area (Å²) in [4.78, 5) is 24.8. The third-order valence-electron chi connectivity index (χ3n) is 4.19. The zero-order valence-corrected chi connectivity index (χ0v) is 15.5. The van der Waals surface area contributed by atoms with Crippen molar-refractivity contribution in [2.45, 2.75) is 6.92 Å². The first kappa shape index (κ1) is 19.1. The summed E-state index contributed by atoms with van der Waals surface area (Å²) in [5, 5.41) is 5.60. The van der Waals surface area contributed by atoms with Gasteiger partial charge in [-0.3, -0.25) is 9.59 Å². The van der Waals surface area contributed by atoms with E-state index in [4.69, 9.17) is 4.74 Å². The third kappa shape index (κ3) is 4.35. The number of carbonyl (C=O) groups excluding carboxylic acids is 2. The lowest BCUT2D eigenvalue weighted by molar-refractivity contribution is 0.101. The van der Waals surface area contributed by atoms with E-state index < -0.39 is 11.7 Å². The number of rotatable bonds is 5. The Hall–Kier alpha value is -3.67. The zero-order chi connectivity index (χ0) is 20.1. The standard InChI is InChI=1S/C22H19FN2O3/c1-14-12-19(25-22(27)16-8-10-17(23)11-9-16)20(28-2)13-18(14)24-21(26)15-6-4-3-5-7-15/h3-13H,1-2H3,(H,24,26)(H,25,27). The molecule has 0 aliphatic heterocycles. The van der Waals surface area contributed by atoms with E-state index in [1.165, 1.54) is 31.4 Å². The van der Waals surface area contributed by atoms with Crippen LogP contribution in [-0.4, -0.2) is 18.9 Å². The van der Waals surface area contributed by atoms with E-state index in [1.807, 2.05) is 13.0 Å². The average molecular weight is 378 g/mol. The number of amides is 2. The molecule has 0 radical (unpaired) electrons. The molecule has 5 nitrogen and oxygen atoms in total. The molecular weight excluding hydrogens is 359 g/mol. The van der Waals surface area contributed by atoms with Gasteiger partial charge in [-0.1, -0.05) is 18.2 Å². The number of hydrogen-bond acceptors (Lipinski definition) is 3. The summed E-state index contributed by atoms with van der Waals surface area (Å²) in [5.41, 5.74) is 2.63. The molecule has 0 aliphatic rings. The van der Waals surface area contributed by atoms with Gasteiger partial charge in [0.25, 0.3) is 11.8 Å². The van der Waals surface area contributed by atoms with Gasteiger partial charge >= 0.3 is 0 Å². The van der Waals surface area contributed by atoms with Crippen LogP contribution in [0.4, 0.5) is 15.8 Å². The Kier molecular flexibility index (Phi) is 5.69. The van der Waals surface area contributed by atoms with E-state index in [0.29, 0.717) is 28.3 Å². The van der Waals surface area contributed by atoms with Crippen molar-refractivity contribution < 1.29 is 18.7 Å². The molecule has 3 aromatic carbocycles. The summed E-state index contributed by atoms with van der Waals surface area (Å²) >= 11 is 0. The Bertz CT molecular complexity index is 1000. The third-order valence-corrected chi connectivity index (χ3v) is 4.19. The van der Waals surface area contributed by atoms with Gasteiger partial charge in [-0.05, 0) is 55.0 Å². The maximum absolute atomic E-state index is 13.0. The quantitative estimate of drug-likeness (QED) is 0.679. The monoisotopic (exact) mass is 378 g/mol. The van der Waals surface area contributed by atoms with Crippen LogP contribution in [0.1, 0.15) is 26.3 Å². The minimum Gasteiger partial charge on any atom is -0.494 e. The van der Waals surface area contributed by atoms with E-state index in [9.17, 15) is 14.0 Å². The van der Waals surface area contributed by atoms with Crippen LogP contribution in [0.3, 0.4) is 0 Å². The molecule has 2 amide bonds. The van der Waals surface area contributed by atoms with Gasteiger partial charge in [0.2, 0.25) is 0 Å². The topological polar surface area (TPSA) is 67.4 Å². The van der Waals surface area contributed by atoms with Crippen molar-refractivity contribution in [2.75, 3.05) is 17.7 Å². The highest BCUT2D eigenvalue weighted by atomic mass is 19.1. The molecule has 142 valence electrons. The molecule has 3 aromatic rings. The van der Waals surface area contributed by atoms with Crippen LogP contribution in [0.5, 0.6) is 5.75 Å². The van der Waals surface area contributed by atoms with Crippen LogP contribution < -0.4 is 15.4 Å². The molecule has 0 atom stereocenters. The van der Waals surface area contributed by atoms with Gasteiger partial charge in [0.1, 0.15) is 11.6 Å². The van der Waals surface area contributed by atoms with E-state index in [-0.39, 0.29) is 5.91 Å². The lowest BCUT2D eigenvalue weighted by Crippen LogP contribution is -2.15. The summed E-state index contributed by atoms with van der Waals surface area (Å²) in [5.74, 6) is -0.652. The Labute approximate surface area is 162 Å². The summed E-state index contributed by atoms with van der Waals surface area (Å²) < 4.78 is 18.4. The average Bonchev–Trinajstić information content (AvgIpc) is 2.71. The van der Waals surface area contributed by atoms with Crippen molar-refractivity contribution in [1.82, 2.24) is 0 Å². The second-order valence-corrected chi connectivity index (χ2v) is 6.15. The first-order chi connectivity index (χ1) is 13.5. The van der Waals surface area contributed by atoms with Gasteiger partial charge in [0, 0.05) is 22.9 Å². The number of hydrogen-bond donors (Lipinski definition) is 2. The van der Waals surface area contributed by atoms with Crippen molar-refractivity contribution in [3.05, 3.63) is 89.2 Å². The number of carbonyl (C=O) groups is 2. The molecule has 0 spiro atoms. The van der Waals surface area contributed by atoms with Crippen LogP contribution in [0.25, 0.3) is 0 Å². The van der Waals surface area contributed by atoms with Crippen molar-refractivity contribution in [2.24, 2.45) is 0 Å². The van der Waals surface area contributed by atoms with Gasteiger partial charge in [-0.2, -0.15) is 0 Å². The van der Waals surface area contributed by atoms with Gasteiger partial charge < -0.3 is 15.4 Å². The van der Waals surface area contributed by atoms with Crippen molar-refractivity contribution in [3.8, 4) is 5.75 Å². The SMILES string of the molecule is COc1cc(NC(=O)c2ccccc2)c(C)cc1NC(=O)c1ccc(F)cc1. The maximum Gasteiger partial charge on any atom is 0.255 e. The van der Waals surface area contributed by atoms with Gasteiger partial charge in [0.15, 0.2) is 0 Å². The summed E-state index contributed by atoms with van der Waals surface area (Å²) in [6.07, 6.45) is 0. The van der Waals surface area contributed by atoms with Crippen LogP contribution in [-0.2, 0) is 0 Å². The number of nitrogens with one attached hydrogen (secondary N) is 2. The molecule has 0 bridgehead atoms. The first-order valence-electron chi connectivity index (χ1n) is 8.60. The molecule has 2 N–H and O–H groups in total. The molecule has 6 heteroatoms. The number of methoxy groups -OCH3 is 1. The molecule has 28 heavy (non-hydrogen) atoms. The Balaban J connectivity index is 1.82. The highest BCUT2D eigenvalue weighted by molar-refractivity contribution is 6.07. The molecule has 0 aromatic heterocycles. The van der Waals surface area contributed by atoms with Crippen molar-refractivity contribution >= 4 is 23.2 Å². The summed E-state index contributed by atoms with van der Waals surface area (Å²) in [6.45, 7) is 1.81. The van der Waals surface area contributed by atoms with E-state index in [1.54, 1.807) is 36.4 Å². The van der Waals surface area contributed by atoms with Gasteiger partial charge in [-0.15, -0.1) is 0 Å². The van der Waals surface area contributed by atoms with Crippen LogP contribution >= 0.6 is 0 Å². The number of ether oxygens (including phenoxy) is 1. The van der Waals surface area contributed by atoms with Crippen LogP contribution in [0.15, 0.2) is 66.7 Å². The van der Waals surface area contributed by atoms with Gasteiger partial charge in [0.05, 0.1) is 12.8 Å². The van der Waals surface area contributed by atoms with Gasteiger partial charge in [-0.25, -0.2) is 4.39 Å². The van der Waals surface area contributed by atoms with E-state index >= 15 is 0 Å². The van der Waals surface area contributed by atoms with E-state index in [2.05, 4.69) is 10.6 Å². The molecule has 0 heterocycles. The summed E-state index contributed by atoms with van der Waals surface area (Å²) in [6, 6.07) is 17.5. The fourth-order valence-electron chi connectivity index (χ4n) is 2.67. The smallest absolute Gasteiger partial charge is 0.255 e. The molecule has 0 fully saturated rings. The Morgan fingerprint density at radius 2 is 1.39 bits per heavy atom. The molecule has 0 aliphatic carbocycles. The minimum absolute atomic E-state index is 0.242. The highest BCUT2D eigenvalue weighted by Crippen LogP contribution is 2.32. The summed E-state index contributed by atoms with van der Waals surface area (Å²) in [7, 11) is 1.47. The molecule has 3 rings (SSSR count). The van der Waals surface area contributed by atoms with E-state index in [0.717, 1.165) is 5.56 Å². The lowest BCUT2D eigenvalue weighted by atomic mass is 10.1.